The van der Waals surface area contributed by atoms with Gasteiger partial charge in [-0.3, -0.25) is 9.89 Å². The highest BCUT2D eigenvalue weighted by Gasteiger charge is 2.08. The van der Waals surface area contributed by atoms with Gasteiger partial charge in [-0.1, -0.05) is 58.0 Å². The number of carbonyl (C=O) groups is 1. The van der Waals surface area contributed by atoms with Gasteiger partial charge in [0.05, 0.1) is 11.4 Å². The molecule has 0 fully saturated rings. The SMILES string of the molecule is O=C(CSc1cc(COc2ccc(Br)cc2)[nH]n1)c1ccccc1. The molecule has 0 saturated carbocycles. The number of thioether (sulfide) groups is 1. The topological polar surface area (TPSA) is 55.0 Å². The zero-order valence-corrected chi connectivity index (χ0v) is 15.1. The zero-order valence-electron chi connectivity index (χ0n) is 12.7. The number of ketones is 1. The molecule has 0 aliphatic rings. The lowest BCUT2D eigenvalue weighted by molar-refractivity contribution is 0.102. The molecule has 0 unspecified atom stereocenters. The molecule has 1 heterocycles. The largest absolute Gasteiger partial charge is 0.487 e. The van der Waals surface area contributed by atoms with Crippen molar-refractivity contribution in [3.63, 3.8) is 0 Å². The summed E-state index contributed by atoms with van der Waals surface area (Å²) < 4.78 is 6.70. The minimum atomic E-state index is 0.0938. The number of aromatic amines is 1. The Morgan fingerprint density at radius 1 is 1.12 bits per heavy atom. The van der Waals surface area contributed by atoms with Crippen LogP contribution in [0.5, 0.6) is 5.75 Å². The van der Waals surface area contributed by atoms with E-state index in [4.69, 9.17) is 4.74 Å². The van der Waals surface area contributed by atoms with Crippen LogP contribution >= 0.6 is 27.7 Å². The van der Waals surface area contributed by atoms with E-state index in [1.54, 1.807) is 0 Å². The lowest BCUT2D eigenvalue weighted by Crippen LogP contribution is -2.01. The Bertz CT molecular complexity index is 803. The maximum absolute atomic E-state index is 12.1. The van der Waals surface area contributed by atoms with Crippen molar-refractivity contribution in [2.75, 3.05) is 5.75 Å². The quantitative estimate of drug-likeness (QED) is 0.458. The van der Waals surface area contributed by atoms with E-state index < -0.39 is 0 Å². The van der Waals surface area contributed by atoms with E-state index >= 15 is 0 Å². The number of nitrogens with one attached hydrogen (secondary N) is 1. The highest BCUT2D eigenvalue weighted by Crippen LogP contribution is 2.20. The molecule has 0 spiro atoms. The van der Waals surface area contributed by atoms with Gasteiger partial charge in [-0.05, 0) is 30.3 Å². The first kappa shape index (κ1) is 16.8. The molecule has 0 aliphatic heterocycles. The van der Waals surface area contributed by atoms with Crippen molar-refractivity contribution in [2.24, 2.45) is 0 Å². The summed E-state index contributed by atoms with van der Waals surface area (Å²) in [6, 6.07) is 18.8. The minimum Gasteiger partial charge on any atom is -0.487 e. The first-order valence-corrected chi connectivity index (χ1v) is 9.12. The number of nitrogens with zero attached hydrogens (tertiary/aromatic N) is 1. The van der Waals surface area contributed by atoms with Crippen LogP contribution in [0, 0.1) is 0 Å². The van der Waals surface area contributed by atoms with Crippen LogP contribution in [0.4, 0.5) is 0 Å². The number of Topliss-reactive ketones (excluding diaryl/α,β-unsaturated/α-hetero) is 1. The molecule has 4 nitrogen and oxygen atoms in total. The van der Waals surface area contributed by atoms with Crippen LogP contribution in [-0.4, -0.2) is 21.7 Å². The molecule has 0 radical (unpaired) electrons. The Kier molecular flexibility index (Phi) is 5.72. The van der Waals surface area contributed by atoms with Gasteiger partial charge in [0.2, 0.25) is 0 Å². The van der Waals surface area contributed by atoms with Gasteiger partial charge in [-0.25, -0.2) is 0 Å². The summed E-state index contributed by atoms with van der Waals surface area (Å²) in [5, 5.41) is 7.93. The molecule has 3 aromatic rings. The van der Waals surface area contributed by atoms with Gasteiger partial charge < -0.3 is 4.74 Å². The highest BCUT2D eigenvalue weighted by molar-refractivity contribution is 9.10. The summed E-state index contributed by atoms with van der Waals surface area (Å²) in [6.45, 7) is 0.405. The van der Waals surface area contributed by atoms with Gasteiger partial charge in [-0.15, -0.1) is 0 Å². The monoisotopic (exact) mass is 402 g/mol. The molecule has 2 aromatic carbocycles. The van der Waals surface area contributed by atoms with Crippen LogP contribution in [0.25, 0.3) is 0 Å². The molecule has 0 bridgehead atoms. The molecule has 1 aromatic heterocycles. The van der Waals surface area contributed by atoms with E-state index in [2.05, 4.69) is 26.1 Å². The van der Waals surface area contributed by atoms with Crippen LogP contribution in [0.3, 0.4) is 0 Å². The van der Waals surface area contributed by atoms with Crippen molar-refractivity contribution >= 4 is 33.5 Å². The van der Waals surface area contributed by atoms with E-state index in [0.717, 1.165) is 26.5 Å². The molecule has 0 amide bonds. The predicted molar refractivity (Wildman–Crippen MR) is 98.6 cm³/mol. The Morgan fingerprint density at radius 2 is 1.88 bits per heavy atom. The number of rotatable bonds is 7. The smallest absolute Gasteiger partial charge is 0.173 e. The average Bonchev–Trinajstić information content (AvgIpc) is 3.08. The van der Waals surface area contributed by atoms with Crippen molar-refractivity contribution in [1.29, 1.82) is 0 Å². The summed E-state index contributed by atoms with van der Waals surface area (Å²) in [6.07, 6.45) is 0. The molecule has 1 N–H and O–H groups in total. The van der Waals surface area contributed by atoms with Crippen molar-refractivity contribution in [3.8, 4) is 5.75 Å². The summed E-state index contributed by atoms with van der Waals surface area (Å²) >= 11 is 4.80. The number of hydrogen-bond acceptors (Lipinski definition) is 4. The fraction of sp³-hybridized carbons (Fsp3) is 0.111. The van der Waals surface area contributed by atoms with Crippen LogP contribution in [0.1, 0.15) is 16.1 Å². The van der Waals surface area contributed by atoms with E-state index in [1.807, 2.05) is 60.7 Å². The Morgan fingerprint density at radius 3 is 2.62 bits per heavy atom. The fourth-order valence-electron chi connectivity index (χ4n) is 2.03. The Labute approximate surface area is 152 Å². The average molecular weight is 403 g/mol. The predicted octanol–water partition coefficient (Wildman–Crippen LogP) is 4.73. The summed E-state index contributed by atoms with van der Waals surface area (Å²) in [7, 11) is 0. The van der Waals surface area contributed by atoms with Crippen LogP contribution < -0.4 is 4.74 Å². The van der Waals surface area contributed by atoms with E-state index in [1.165, 1.54) is 11.8 Å². The third-order valence-corrected chi connectivity index (χ3v) is 4.70. The molecule has 122 valence electrons. The minimum absolute atomic E-state index is 0.0938. The summed E-state index contributed by atoms with van der Waals surface area (Å²) in [5.41, 5.74) is 1.59. The third-order valence-electron chi connectivity index (χ3n) is 3.26. The van der Waals surface area contributed by atoms with Gasteiger partial charge in [-0.2, -0.15) is 5.10 Å². The first-order valence-electron chi connectivity index (χ1n) is 7.34. The molecule has 0 saturated heterocycles. The van der Waals surface area contributed by atoms with Gasteiger partial charge in [0, 0.05) is 10.0 Å². The molecule has 0 aliphatic carbocycles. The highest BCUT2D eigenvalue weighted by atomic mass is 79.9. The molecular weight excluding hydrogens is 388 g/mol. The summed E-state index contributed by atoms with van der Waals surface area (Å²) in [4.78, 5) is 12.1. The molecule has 24 heavy (non-hydrogen) atoms. The lowest BCUT2D eigenvalue weighted by Gasteiger charge is -2.03. The van der Waals surface area contributed by atoms with E-state index in [9.17, 15) is 4.79 Å². The van der Waals surface area contributed by atoms with Crippen molar-refractivity contribution in [3.05, 3.63) is 76.4 Å². The van der Waals surface area contributed by atoms with Crippen LogP contribution in [0.15, 0.2) is 70.2 Å². The van der Waals surface area contributed by atoms with Crippen LogP contribution in [0.2, 0.25) is 0 Å². The first-order chi connectivity index (χ1) is 11.7. The standard InChI is InChI=1S/C18H15BrN2O2S/c19-14-6-8-16(9-7-14)23-11-15-10-18(21-20-15)24-12-17(22)13-4-2-1-3-5-13/h1-10H,11-12H2,(H,20,21). The van der Waals surface area contributed by atoms with E-state index in [0.29, 0.717) is 12.4 Å². The van der Waals surface area contributed by atoms with Crippen LogP contribution in [-0.2, 0) is 6.61 Å². The Balaban J connectivity index is 1.50. The van der Waals surface area contributed by atoms with Crippen molar-refractivity contribution in [2.45, 2.75) is 11.6 Å². The van der Waals surface area contributed by atoms with Gasteiger partial charge >= 0.3 is 0 Å². The maximum atomic E-state index is 12.1. The number of ether oxygens (including phenoxy) is 1. The molecule has 0 atom stereocenters. The molecular formula is C18H15BrN2O2S. The molecule has 6 heteroatoms. The maximum Gasteiger partial charge on any atom is 0.173 e. The van der Waals surface area contributed by atoms with Gasteiger partial charge in [0.25, 0.3) is 0 Å². The van der Waals surface area contributed by atoms with Crippen molar-refractivity contribution in [1.82, 2.24) is 10.2 Å². The Hall–Kier alpha value is -2.05. The number of carbonyl (C=O) groups excluding carboxylic acids is 1. The normalized spacial score (nSPS) is 10.5. The van der Waals surface area contributed by atoms with Gasteiger partial charge in [0.15, 0.2) is 5.78 Å². The second kappa shape index (κ2) is 8.17. The second-order valence-electron chi connectivity index (χ2n) is 5.05. The number of halogens is 1. The van der Waals surface area contributed by atoms with Crippen molar-refractivity contribution < 1.29 is 9.53 Å². The zero-order chi connectivity index (χ0) is 16.8. The molecule has 3 rings (SSSR count). The van der Waals surface area contributed by atoms with E-state index in [-0.39, 0.29) is 5.78 Å². The summed E-state index contributed by atoms with van der Waals surface area (Å²) in [5.74, 6) is 1.25. The lowest BCUT2D eigenvalue weighted by atomic mass is 10.2. The fourth-order valence-corrected chi connectivity index (χ4v) is 3.07. The number of H-pyrrole nitrogens is 1. The number of hydrogen-bond donors (Lipinski definition) is 1. The second-order valence-corrected chi connectivity index (χ2v) is 6.96. The number of aromatic nitrogens is 2. The van der Waals surface area contributed by atoms with Gasteiger partial charge in [0.1, 0.15) is 17.4 Å². The number of benzene rings is 2. The third kappa shape index (κ3) is 4.72.